The lowest BCUT2D eigenvalue weighted by atomic mass is 9.97. The molecule has 1 amide bonds. The molecule has 0 spiro atoms. The van der Waals surface area contributed by atoms with Crippen molar-refractivity contribution in [3.05, 3.63) is 47.6 Å². The van der Waals surface area contributed by atoms with Crippen molar-refractivity contribution in [2.45, 2.75) is 25.3 Å². The minimum Gasteiger partial charge on any atom is -0.495 e. The number of ether oxygens (including phenoxy) is 1. The molecule has 1 aliphatic heterocycles. The summed E-state index contributed by atoms with van der Waals surface area (Å²) in [6.45, 7) is 0.742. The van der Waals surface area contributed by atoms with Gasteiger partial charge < -0.3 is 14.6 Å². The van der Waals surface area contributed by atoms with E-state index in [0.717, 1.165) is 13.0 Å². The van der Waals surface area contributed by atoms with Gasteiger partial charge >= 0.3 is 0 Å². The number of amides is 1. The van der Waals surface area contributed by atoms with Gasteiger partial charge in [-0.05, 0) is 31.0 Å². The molecule has 1 N–H and O–H groups in total. The summed E-state index contributed by atoms with van der Waals surface area (Å²) in [5.74, 6) is 1.29. The van der Waals surface area contributed by atoms with Gasteiger partial charge in [-0.25, -0.2) is 4.98 Å². The van der Waals surface area contributed by atoms with E-state index in [2.05, 4.69) is 25.5 Å². The van der Waals surface area contributed by atoms with Crippen molar-refractivity contribution in [3.63, 3.8) is 0 Å². The van der Waals surface area contributed by atoms with Crippen LogP contribution in [0.4, 0.5) is 5.69 Å². The number of hydrogen-bond donors (Lipinski definition) is 1. The molecular weight excluding hydrogens is 368 g/mol. The van der Waals surface area contributed by atoms with Crippen LogP contribution >= 0.6 is 11.6 Å². The van der Waals surface area contributed by atoms with Crippen LogP contribution in [0.25, 0.3) is 11.5 Å². The molecule has 1 unspecified atom stereocenters. The summed E-state index contributed by atoms with van der Waals surface area (Å²) in [4.78, 5) is 21.2. The Bertz CT molecular complexity index is 975. The number of benzene rings is 1. The minimum atomic E-state index is -0.391. The van der Waals surface area contributed by atoms with Crippen LogP contribution in [0.15, 0.2) is 36.8 Å². The Morgan fingerprint density at radius 2 is 2.22 bits per heavy atom. The van der Waals surface area contributed by atoms with Crippen LogP contribution in [-0.2, 0) is 11.3 Å². The normalized spacial score (nSPS) is 15.9. The number of nitrogens with zero attached hydrogens (tertiary/aromatic N) is 5. The maximum atomic E-state index is 12.8. The van der Waals surface area contributed by atoms with Gasteiger partial charge in [0.1, 0.15) is 17.3 Å². The fourth-order valence-corrected chi connectivity index (χ4v) is 3.46. The Labute approximate surface area is 160 Å². The zero-order valence-corrected chi connectivity index (χ0v) is 15.3. The largest absolute Gasteiger partial charge is 0.495 e. The number of hydrogen-bond acceptors (Lipinski definition) is 6. The highest BCUT2D eigenvalue weighted by molar-refractivity contribution is 6.32. The second-order valence-corrected chi connectivity index (χ2v) is 6.56. The molecule has 8 nitrogen and oxygen atoms in total. The summed E-state index contributed by atoms with van der Waals surface area (Å²) >= 11 is 6.14. The average molecular weight is 385 g/mol. The predicted molar refractivity (Wildman–Crippen MR) is 99.7 cm³/mol. The van der Waals surface area contributed by atoms with Gasteiger partial charge in [-0.15, -0.1) is 10.2 Å². The van der Waals surface area contributed by atoms with Gasteiger partial charge in [0.2, 0.25) is 5.91 Å². The lowest BCUT2D eigenvalue weighted by Gasteiger charge is -2.23. The van der Waals surface area contributed by atoms with Gasteiger partial charge in [0.25, 0.3) is 0 Å². The number of methoxy groups -OCH3 is 1. The van der Waals surface area contributed by atoms with E-state index in [9.17, 15) is 4.79 Å². The van der Waals surface area contributed by atoms with Crippen LogP contribution in [0.2, 0.25) is 5.02 Å². The fourth-order valence-electron chi connectivity index (χ4n) is 3.20. The molecule has 2 aromatic heterocycles. The van der Waals surface area contributed by atoms with Crippen molar-refractivity contribution in [3.8, 4) is 17.3 Å². The van der Waals surface area contributed by atoms with Crippen LogP contribution < -0.4 is 10.1 Å². The number of anilines is 1. The molecule has 138 valence electrons. The zero-order chi connectivity index (χ0) is 18.8. The molecule has 1 aliphatic rings. The third-order valence-corrected chi connectivity index (χ3v) is 4.79. The monoisotopic (exact) mass is 384 g/mol. The SMILES string of the molecule is COc1ccc(NC(=O)C2CCCn3c(-c4cnccn4)nnc32)cc1Cl. The predicted octanol–water partition coefficient (Wildman–Crippen LogP) is 2.91. The highest BCUT2D eigenvalue weighted by Crippen LogP contribution is 2.32. The third-order valence-electron chi connectivity index (χ3n) is 4.49. The van der Waals surface area contributed by atoms with E-state index in [1.807, 2.05) is 4.57 Å². The summed E-state index contributed by atoms with van der Waals surface area (Å²) in [5.41, 5.74) is 1.25. The number of carbonyl (C=O) groups excluding carboxylic acids is 1. The first-order chi connectivity index (χ1) is 13.2. The average Bonchev–Trinajstić information content (AvgIpc) is 3.13. The number of rotatable bonds is 4. The van der Waals surface area contributed by atoms with E-state index in [4.69, 9.17) is 16.3 Å². The Morgan fingerprint density at radius 3 is 2.96 bits per heavy atom. The van der Waals surface area contributed by atoms with Crippen molar-refractivity contribution in [2.24, 2.45) is 0 Å². The highest BCUT2D eigenvalue weighted by Gasteiger charge is 2.31. The van der Waals surface area contributed by atoms with Crippen LogP contribution in [0.5, 0.6) is 5.75 Å². The third kappa shape index (κ3) is 3.35. The maximum Gasteiger partial charge on any atom is 0.235 e. The molecule has 1 aromatic carbocycles. The smallest absolute Gasteiger partial charge is 0.235 e. The molecule has 0 aliphatic carbocycles. The minimum absolute atomic E-state index is 0.143. The van der Waals surface area contributed by atoms with Gasteiger partial charge in [-0.2, -0.15) is 0 Å². The van der Waals surface area contributed by atoms with Crippen LogP contribution in [-0.4, -0.2) is 37.7 Å². The number of carbonyl (C=O) groups is 1. The topological polar surface area (TPSA) is 94.8 Å². The molecule has 0 bridgehead atoms. The molecule has 27 heavy (non-hydrogen) atoms. The summed E-state index contributed by atoms with van der Waals surface area (Å²) in [5, 5.41) is 11.8. The molecule has 4 rings (SSSR count). The first-order valence-electron chi connectivity index (χ1n) is 8.51. The van der Waals surface area contributed by atoms with E-state index in [-0.39, 0.29) is 5.91 Å². The molecule has 1 atom stereocenters. The fraction of sp³-hybridized carbons (Fsp3) is 0.278. The molecule has 0 saturated heterocycles. The Hall–Kier alpha value is -3.00. The van der Waals surface area contributed by atoms with Crippen LogP contribution in [0.1, 0.15) is 24.6 Å². The maximum absolute atomic E-state index is 12.8. The molecule has 3 aromatic rings. The quantitative estimate of drug-likeness (QED) is 0.743. The molecule has 0 saturated carbocycles. The lowest BCUT2D eigenvalue weighted by Crippen LogP contribution is -2.27. The molecule has 3 heterocycles. The van der Waals surface area contributed by atoms with Crippen molar-refractivity contribution in [1.29, 1.82) is 0 Å². The second-order valence-electron chi connectivity index (χ2n) is 6.16. The Morgan fingerprint density at radius 1 is 1.33 bits per heavy atom. The van der Waals surface area contributed by atoms with E-state index < -0.39 is 5.92 Å². The van der Waals surface area contributed by atoms with Gasteiger partial charge in [-0.3, -0.25) is 9.78 Å². The number of halogens is 1. The van der Waals surface area contributed by atoms with Gasteiger partial charge in [0.15, 0.2) is 5.82 Å². The Kier molecular flexibility index (Phi) is 4.72. The van der Waals surface area contributed by atoms with Crippen molar-refractivity contribution in [1.82, 2.24) is 24.7 Å². The molecular formula is C18H17ClN6O2. The number of aromatic nitrogens is 5. The standard InChI is InChI=1S/C18H17ClN6O2/c1-27-15-5-4-11(9-13(15)19)22-18(26)12-3-2-8-25-16(12)23-24-17(25)14-10-20-6-7-21-14/h4-7,9-10,12H,2-3,8H2,1H3,(H,22,26). The molecule has 0 fully saturated rings. The van der Waals surface area contributed by atoms with Gasteiger partial charge in [0.05, 0.1) is 24.2 Å². The van der Waals surface area contributed by atoms with Crippen molar-refractivity contribution < 1.29 is 9.53 Å². The van der Waals surface area contributed by atoms with Gasteiger partial charge in [0, 0.05) is 24.6 Å². The first-order valence-corrected chi connectivity index (χ1v) is 8.89. The highest BCUT2D eigenvalue weighted by atomic mass is 35.5. The number of nitrogens with one attached hydrogen (secondary N) is 1. The molecule has 9 heteroatoms. The van der Waals surface area contributed by atoms with Crippen LogP contribution in [0.3, 0.4) is 0 Å². The van der Waals surface area contributed by atoms with E-state index in [1.54, 1.807) is 43.9 Å². The molecule has 0 radical (unpaired) electrons. The summed E-state index contributed by atoms with van der Waals surface area (Å²) < 4.78 is 7.08. The summed E-state index contributed by atoms with van der Waals surface area (Å²) in [6.07, 6.45) is 6.40. The second kappa shape index (κ2) is 7.32. The lowest BCUT2D eigenvalue weighted by molar-refractivity contribution is -0.118. The zero-order valence-electron chi connectivity index (χ0n) is 14.6. The Balaban J connectivity index is 1.58. The number of fused-ring (bicyclic) bond motifs is 1. The van der Waals surface area contributed by atoms with E-state index in [1.165, 1.54) is 0 Å². The van der Waals surface area contributed by atoms with Crippen molar-refractivity contribution in [2.75, 3.05) is 12.4 Å². The summed E-state index contributed by atoms with van der Waals surface area (Å²) in [7, 11) is 1.54. The van der Waals surface area contributed by atoms with Gasteiger partial charge in [-0.1, -0.05) is 11.6 Å². The summed E-state index contributed by atoms with van der Waals surface area (Å²) in [6, 6.07) is 5.13. The van der Waals surface area contributed by atoms with E-state index in [0.29, 0.717) is 40.2 Å². The first kappa shape index (κ1) is 17.4. The van der Waals surface area contributed by atoms with Crippen LogP contribution in [0, 0.1) is 0 Å². The van der Waals surface area contributed by atoms with E-state index >= 15 is 0 Å². The van der Waals surface area contributed by atoms with Crippen molar-refractivity contribution >= 4 is 23.2 Å².